The summed E-state index contributed by atoms with van der Waals surface area (Å²) >= 11 is 0. The number of aliphatic hydroxyl groups excluding tert-OH is 2. The van der Waals surface area contributed by atoms with E-state index in [9.17, 15) is 15.0 Å². The second-order valence-electron chi connectivity index (χ2n) is 11.4. The Kier molecular flexibility index (Phi) is 5.36. The first kappa shape index (κ1) is 20.7. The molecule has 4 aliphatic carbocycles. The fourth-order valence-electron chi connectivity index (χ4n) is 8.73. The van der Waals surface area contributed by atoms with Crippen LogP contribution in [0.15, 0.2) is 0 Å². The highest BCUT2D eigenvalue weighted by Crippen LogP contribution is 2.68. The van der Waals surface area contributed by atoms with E-state index in [2.05, 4.69) is 20.8 Å². The maximum atomic E-state index is 11.2. The molecule has 10 atom stereocenters. The van der Waals surface area contributed by atoms with Crippen LogP contribution >= 0.6 is 0 Å². The highest BCUT2D eigenvalue weighted by Gasteiger charge is 2.62. The molecule has 0 aromatic heterocycles. The minimum atomic E-state index is -0.684. The first-order valence-corrected chi connectivity index (χ1v) is 11.7. The van der Waals surface area contributed by atoms with Crippen molar-refractivity contribution in [3.63, 3.8) is 0 Å². The molecule has 160 valence electrons. The second-order valence-corrected chi connectivity index (χ2v) is 11.4. The van der Waals surface area contributed by atoms with Crippen LogP contribution in [0.4, 0.5) is 0 Å². The maximum absolute atomic E-state index is 11.2. The Morgan fingerprint density at radius 1 is 1.00 bits per heavy atom. The van der Waals surface area contributed by atoms with E-state index in [4.69, 9.17) is 5.11 Å². The smallest absolute Gasteiger partial charge is 0.303 e. The lowest BCUT2D eigenvalue weighted by Crippen LogP contribution is -2.58. The van der Waals surface area contributed by atoms with Crippen LogP contribution in [-0.4, -0.2) is 33.5 Å². The molecule has 4 nitrogen and oxygen atoms in total. The molecule has 0 bridgehead atoms. The predicted octanol–water partition coefficient (Wildman–Crippen LogP) is 4.48. The number of hydrogen-bond acceptors (Lipinski definition) is 3. The Hall–Kier alpha value is -0.610. The van der Waals surface area contributed by atoms with Crippen LogP contribution in [0.2, 0.25) is 0 Å². The van der Waals surface area contributed by atoms with Crippen molar-refractivity contribution in [1.29, 1.82) is 0 Å². The Bertz CT molecular complexity index is 605. The van der Waals surface area contributed by atoms with Crippen molar-refractivity contribution < 1.29 is 20.1 Å². The lowest BCUT2D eigenvalue weighted by atomic mass is 9.43. The van der Waals surface area contributed by atoms with Gasteiger partial charge in [0.15, 0.2) is 0 Å². The molecule has 0 heterocycles. The van der Waals surface area contributed by atoms with Gasteiger partial charge in [0.2, 0.25) is 0 Å². The SMILES string of the molecule is CC(CCC(=O)O)C1CCC2C3C(CCC12C)C1(C)CC[C@@H](O)CC1C[C@H]3O. The van der Waals surface area contributed by atoms with E-state index < -0.39 is 5.97 Å². The third-order valence-electron chi connectivity index (χ3n) is 10.2. The van der Waals surface area contributed by atoms with Gasteiger partial charge in [-0.15, -0.1) is 0 Å². The number of carboxylic acid groups (broad SMARTS) is 1. The number of aliphatic carboxylic acids is 1. The number of aliphatic hydroxyl groups is 2. The third kappa shape index (κ3) is 3.14. The monoisotopic (exact) mass is 392 g/mol. The van der Waals surface area contributed by atoms with Crippen LogP contribution in [0.1, 0.15) is 85.0 Å². The Balaban J connectivity index is 1.55. The van der Waals surface area contributed by atoms with Crippen molar-refractivity contribution in [1.82, 2.24) is 0 Å². The molecule has 28 heavy (non-hydrogen) atoms. The summed E-state index contributed by atoms with van der Waals surface area (Å²) in [7, 11) is 0. The summed E-state index contributed by atoms with van der Waals surface area (Å²) in [5.41, 5.74) is 0.523. The van der Waals surface area contributed by atoms with Crippen molar-refractivity contribution in [2.24, 2.45) is 46.3 Å². The summed E-state index contributed by atoms with van der Waals surface area (Å²) in [4.78, 5) is 11.1. The van der Waals surface area contributed by atoms with Crippen LogP contribution in [0.5, 0.6) is 0 Å². The van der Waals surface area contributed by atoms with E-state index in [1.807, 2.05) is 0 Å². The van der Waals surface area contributed by atoms with Crippen molar-refractivity contribution in [2.75, 3.05) is 0 Å². The molecule has 0 aromatic carbocycles. The summed E-state index contributed by atoms with van der Waals surface area (Å²) in [6.45, 7) is 7.16. The topological polar surface area (TPSA) is 77.8 Å². The molecular weight excluding hydrogens is 352 g/mol. The molecule has 4 heteroatoms. The number of fused-ring (bicyclic) bond motifs is 5. The van der Waals surface area contributed by atoms with E-state index in [1.54, 1.807) is 0 Å². The summed E-state index contributed by atoms with van der Waals surface area (Å²) in [6.07, 6.45) is 9.19. The van der Waals surface area contributed by atoms with Gasteiger partial charge in [0.05, 0.1) is 12.2 Å². The van der Waals surface area contributed by atoms with Gasteiger partial charge in [-0.1, -0.05) is 20.8 Å². The highest BCUT2D eigenvalue weighted by molar-refractivity contribution is 5.66. The van der Waals surface area contributed by atoms with Crippen molar-refractivity contribution >= 4 is 5.97 Å². The first-order chi connectivity index (χ1) is 13.2. The highest BCUT2D eigenvalue weighted by atomic mass is 16.4. The lowest BCUT2D eigenvalue weighted by Gasteiger charge is -2.62. The third-order valence-corrected chi connectivity index (χ3v) is 10.2. The number of carbonyl (C=O) groups is 1. The molecule has 4 saturated carbocycles. The van der Waals surface area contributed by atoms with Crippen LogP contribution < -0.4 is 0 Å². The first-order valence-electron chi connectivity index (χ1n) is 11.7. The standard InChI is InChI=1S/C24H40O4/c1-14(4-7-21(27)28)17-5-6-18-22-19(9-11-24(17,18)3)23(2)10-8-16(25)12-15(23)13-20(22)26/h14-20,22,25-26H,4-13H2,1-3H3,(H,27,28)/t14?,15?,16-,17?,18?,19?,20-,22?,23?,24?/m1/s1. The van der Waals surface area contributed by atoms with E-state index in [0.29, 0.717) is 35.5 Å². The zero-order valence-corrected chi connectivity index (χ0v) is 17.9. The lowest BCUT2D eigenvalue weighted by molar-refractivity contribution is -0.174. The molecule has 4 rings (SSSR count). The number of hydrogen-bond donors (Lipinski definition) is 3. The molecule has 0 radical (unpaired) electrons. The van der Waals surface area contributed by atoms with Crippen molar-refractivity contribution in [2.45, 2.75) is 97.2 Å². The zero-order valence-electron chi connectivity index (χ0n) is 17.9. The second kappa shape index (κ2) is 7.27. The maximum Gasteiger partial charge on any atom is 0.303 e. The van der Waals surface area contributed by atoms with E-state index in [1.165, 1.54) is 25.7 Å². The summed E-state index contributed by atoms with van der Waals surface area (Å²) in [6, 6.07) is 0. The van der Waals surface area contributed by atoms with Gasteiger partial charge < -0.3 is 15.3 Å². The molecule has 0 aromatic rings. The Morgan fingerprint density at radius 3 is 2.39 bits per heavy atom. The number of carboxylic acids is 1. The van der Waals surface area contributed by atoms with Crippen LogP contribution in [0.25, 0.3) is 0 Å². The van der Waals surface area contributed by atoms with Crippen molar-refractivity contribution in [3.8, 4) is 0 Å². The minimum absolute atomic E-state index is 0.179. The Morgan fingerprint density at radius 2 is 1.68 bits per heavy atom. The fourth-order valence-corrected chi connectivity index (χ4v) is 8.73. The van der Waals surface area contributed by atoms with Gasteiger partial charge in [0.1, 0.15) is 0 Å². The summed E-state index contributed by atoms with van der Waals surface area (Å²) in [5, 5.41) is 30.5. The van der Waals surface area contributed by atoms with Gasteiger partial charge >= 0.3 is 5.97 Å². The van der Waals surface area contributed by atoms with Gasteiger partial charge in [0.25, 0.3) is 0 Å². The molecule has 0 spiro atoms. The van der Waals surface area contributed by atoms with Crippen LogP contribution in [0, 0.1) is 46.3 Å². The van der Waals surface area contributed by atoms with Crippen LogP contribution in [-0.2, 0) is 4.79 Å². The van der Waals surface area contributed by atoms with Crippen LogP contribution in [0.3, 0.4) is 0 Å². The average Bonchev–Trinajstić information content (AvgIpc) is 2.98. The molecule has 0 aliphatic heterocycles. The van der Waals surface area contributed by atoms with E-state index in [0.717, 1.165) is 32.1 Å². The van der Waals surface area contributed by atoms with Gasteiger partial charge in [-0.05, 0) is 104 Å². The molecule has 0 amide bonds. The summed E-state index contributed by atoms with van der Waals surface area (Å²) < 4.78 is 0. The molecular formula is C24H40O4. The number of rotatable bonds is 4. The van der Waals surface area contributed by atoms with Gasteiger partial charge in [0, 0.05) is 6.42 Å². The fraction of sp³-hybridized carbons (Fsp3) is 0.958. The van der Waals surface area contributed by atoms with Gasteiger partial charge in [-0.25, -0.2) is 0 Å². The molecule has 4 fully saturated rings. The zero-order chi connectivity index (χ0) is 20.3. The average molecular weight is 393 g/mol. The molecule has 3 N–H and O–H groups in total. The van der Waals surface area contributed by atoms with E-state index in [-0.39, 0.29) is 29.5 Å². The molecule has 0 saturated heterocycles. The quantitative estimate of drug-likeness (QED) is 0.659. The van der Waals surface area contributed by atoms with Crippen molar-refractivity contribution in [3.05, 3.63) is 0 Å². The molecule has 4 aliphatic rings. The Labute approximate surface area is 170 Å². The van der Waals surface area contributed by atoms with Gasteiger partial charge in [-0.2, -0.15) is 0 Å². The normalized spacial score (nSPS) is 51.7. The molecule has 8 unspecified atom stereocenters. The predicted molar refractivity (Wildman–Crippen MR) is 109 cm³/mol. The van der Waals surface area contributed by atoms with E-state index >= 15 is 0 Å². The van der Waals surface area contributed by atoms with Gasteiger partial charge in [-0.3, -0.25) is 4.79 Å². The largest absolute Gasteiger partial charge is 0.481 e. The summed E-state index contributed by atoms with van der Waals surface area (Å²) in [5.74, 6) is 2.36. The minimum Gasteiger partial charge on any atom is -0.481 e.